The average Bonchev–Trinajstić information content (AvgIpc) is 3.03. The lowest BCUT2D eigenvalue weighted by Gasteiger charge is -2.03. The molecular weight excluding hydrogens is 260 g/mol. The highest BCUT2D eigenvalue weighted by molar-refractivity contribution is 5.52. The third-order valence-electron chi connectivity index (χ3n) is 2.76. The molecule has 21 heavy (non-hydrogen) atoms. The van der Waals surface area contributed by atoms with Gasteiger partial charge >= 0.3 is 0 Å². The number of hydrogen-bond acceptors (Lipinski definition) is 3. The molecule has 0 atom stereocenters. The number of nitrogens with zero attached hydrogens (tertiary/aromatic N) is 3. The molecule has 112 valence electrons. The predicted octanol–water partition coefficient (Wildman–Crippen LogP) is 3.95. The zero-order valence-electron chi connectivity index (χ0n) is 13.2. The van der Waals surface area contributed by atoms with Crippen molar-refractivity contribution in [1.29, 1.82) is 0 Å². The van der Waals surface area contributed by atoms with Crippen molar-refractivity contribution < 1.29 is 0 Å². The van der Waals surface area contributed by atoms with E-state index in [1.54, 1.807) is 6.33 Å². The molecule has 0 amide bonds. The van der Waals surface area contributed by atoms with E-state index in [2.05, 4.69) is 10.1 Å². The molecule has 0 spiro atoms. The van der Waals surface area contributed by atoms with Crippen molar-refractivity contribution in [2.45, 2.75) is 34.1 Å². The zero-order chi connectivity index (χ0) is 15.7. The van der Waals surface area contributed by atoms with E-state index in [0.29, 0.717) is 0 Å². The Labute approximate surface area is 126 Å². The van der Waals surface area contributed by atoms with Crippen molar-refractivity contribution in [1.82, 2.24) is 14.6 Å². The van der Waals surface area contributed by atoms with Gasteiger partial charge in [-0.2, -0.15) is 5.10 Å². The van der Waals surface area contributed by atoms with E-state index >= 15 is 0 Å². The van der Waals surface area contributed by atoms with Gasteiger partial charge in [0.1, 0.15) is 6.33 Å². The number of hydrogen-bond donors (Lipinski definition) is 1. The van der Waals surface area contributed by atoms with Crippen LogP contribution in [0.2, 0.25) is 0 Å². The van der Waals surface area contributed by atoms with Gasteiger partial charge < -0.3 is 5.73 Å². The normalized spacial score (nSPS) is 9.33. The van der Waals surface area contributed by atoms with Gasteiger partial charge in [-0.1, -0.05) is 39.8 Å². The van der Waals surface area contributed by atoms with Crippen LogP contribution in [0, 0.1) is 0 Å². The van der Waals surface area contributed by atoms with Gasteiger partial charge in [-0.15, -0.1) is 0 Å². The van der Waals surface area contributed by atoms with Gasteiger partial charge in [0.15, 0.2) is 0 Å². The van der Waals surface area contributed by atoms with Crippen LogP contribution >= 0.6 is 0 Å². The number of fused-ring (bicyclic) bond motifs is 1. The van der Waals surface area contributed by atoms with Gasteiger partial charge in [-0.05, 0) is 29.8 Å². The highest BCUT2D eigenvalue weighted by Gasteiger charge is 2.04. The lowest BCUT2D eigenvalue weighted by Crippen LogP contribution is -1.99. The van der Waals surface area contributed by atoms with Gasteiger partial charge in [0, 0.05) is 18.3 Å². The minimum Gasteiger partial charge on any atom is -0.399 e. The standard InChI is InChI=1S/C13H12N4.2C2H6/c14-11-5-3-10(4-6-11)8-12-13-2-1-7-17(13)16-9-15-12;2*1-2/h1-7,9H,8,14H2;2*1-2H3. The van der Waals surface area contributed by atoms with E-state index in [4.69, 9.17) is 5.73 Å². The second-order valence-corrected chi connectivity index (χ2v) is 3.96. The fourth-order valence-electron chi connectivity index (χ4n) is 1.88. The van der Waals surface area contributed by atoms with Gasteiger partial charge in [0.25, 0.3) is 0 Å². The molecule has 0 bridgehead atoms. The molecule has 2 heterocycles. The van der Waals surface area contributed by atoms with E-state index in [0.717, 1.165) is 23.3 Å². The van der Waals surface area contributed by atoms with Crippen molar-refractivity contribution >= 4 is 11.2 Å². The third kappa shape index (κ3) is 4.31. The van der Waals surface area contributed by atoms with Crippen molar-refractivity contribution in [3.05, 3.63) is 60.2 Å². The molecule has 0 saturated heterocycles. The summed E-state index contributed by atoms with van der Waals surface area (Å²) in [6, 6.07) is 11.9. The highest BCUT2D eigenvalue weighted by atomic mass is 15.2. The van der Waals surface area contributed by atoms with Gasteiger partial charge in [-0.25, -0.2) is 9.50 Å². The molecule has 4 nitrogen and oxygen atoms in total. The molecule has 3 rings (SSSR count). The van der Waals surface area contributed by atoms with Crippen LogP contribution in [-0.4, -0.2) is 14.6 Å². The minimum atomic E-state index is 0.782. The summed E-state index contributed by atoms with van der Waals surface area (Å²) in [6.45, 7) is 8.00. The molecule has 2 aromatic heterocycles. The molecule has 0 aliphatic rings. The molecule has 0 saturated carbocycles. The van der Waals surface area contributed by atoms with Crippen LogP contribution in [0.25, 0.3) is 5.52 Å². The second-order valence-electron chi connectivity index (χ2n) is 3.96. The van der Waals surface area contributed by atoms with Crippen molar-refractivity contribution in [3.63, 3.8) is 0 Å². The summed E-state index contributed by atoms with van der Waals surface area (Å²) >= 11 is 0. The Morgan fingerprint density at radius 2 is 1.67 bits per heavy atom. The van der Waals surface area contributed by atoms with Crippen LogP contribution in [0.3, 0.4) is 0 Å². The molecule has 1 aromatic carbocycles. The maximum atomic E-state index is 5.66. The van der Waals surface area contributed by atoms with Crippen LogP contribution in [0.4, 0.5) is 5.69 Å². The number of nitrogens with two attached hydrogens (primary N) is 1. The average molecular weight is 284 g/mol. The molecule has 0 aliphatic heterocycles. The highest BCUT2D eigenvalue weighted by Crippen LogP contribution is 2.14. The minimum absolute atomic E-state index is 0.782. The Morgan fingerprint density at radius 1 is 1.00 bits per heavy atom. The first-order chi connectivity index (χ1) is 10.3. The van der Waals surface area contributed by atoms with E-state index in [9.17, 15) is 0 Å². The molecule has 2 N–H and O–H groups in total. The number of benzene rings is 1. The predicted molar refractivity (Wildman–Crippen MR) is 89.3 cm³/mol. The van der Waals surface area contributed by atoms with Gasteiger partial charge in [0.2, 0.25) is 0 Å². The lowest BCUT2D eigenvalue weighted by molar-refractivity contribution is 0.873. The van der Waals surface area contributed by atoms with Crippen LogP contribution in [0.15, 0.2) is 48.9 Å². The number of aromatic nitrogens is 3. The Morgan fingerprint density at radius 3 is 2.33 bits per heavy atom. The van der Waals surface area contributed by atoms with E-state index < -0.39 is 0 Å². The summed E-state index contributed by atoms with van der Waals surface area (Å²) in [5.41, 5.74) is 9.71. The Bertz CT molecular complexity index is 641. The lowest BCUT2D eigenvalue weighted by atomic mass is 10.1. The van der Waals surface area contributed by atoms with Crippen molar-refractivity contribution in [2.24, 2.45) is 0 Å². The topological polar surface area (TPSA) is 56.2 Å². The number of nitrogen functional groups attached to an aromatic ring is 1. The third-order valence-corrected chi connectivity index (χ3v) is 2.76. The molecule has 0 aliphatic carbocycles. The monoisotopic (exact) mass is 284 g/mol. The quantitative estimate of drug-likeness (QED) is 0.725. The molecule has 0 unspecified atom stereocenters. The summed E-state index contributed by atoms with van der Waals surface area (Å²) in [4.78, 5) is 4.33. The fraction of sp³-hybridized carbons (Fsp3) is 0.294. The fourth-order valence-corrected chi connectivity index (χ4v) is 1.88. The second kappa shape index (κ2) is 8.74. The van der Waals surface area contributed by atoms with Crippen LogP contribution in [0.5, 0.6) is 0 Å². The number of anilines is 1. The summed E-state index contributed by atoms with van der Waals surface area (Å²) in [7, 11) is 0. The smallest absolute Gasteiger partial charge is 0.136 e. The largest absolute Gasteiger partial charge is 0.399 e. The number of rotatable bonds is 2. The summed E-state index contributed by atoms with van der Waals surface area (Å²) in [5, 5.41) is 4.14. The van der Waals surface area contributed by atoms with Crippen molar-refractivity contribution in [2.75, 3.05) is 5.73 Å². The first-order valence-electron chi connectivity index (χ1n) is 7.44. The molecule has 4 heteroatoms. The molecular formula is C17H24N4. The van der Waals surface area contributed by atoms with Crippen molar-refractivity contribution in [3.8, 4) is 0 Å². The Balaban J connectivity index is 0.000000510. The molecule has 0 fully saturated rings. The van der Waals surface area contributed by atoms with E-state index in [1.807, 2.05) is 74.8 Å². The van der Waals surface area contributed by atoms with Crippen LogP contribution in [0.1, 0.15) is 39.0 Å². The van der Waals surface area contributed by atoms with Gasteiger partial charge in [-0.3, -0.25) is 0 Å². The summed E-state index contributed by atoms with van der Waals surface area (Å²) in [6.07, 6.45) is 4.29. The first kappa shape index (κ1) is 16.7. The first-order valence-corrected chi connectivity index (χ1v) is 7.44. The summed E-state index contributed by atoms with van der Waals surface area (Å²) < 4.78 is 1.83. The van der Waals surface area contributed by atoms with Crippen LogP contribution in [-0.2, 0) is 6.42 Å². The van der Waals surface area contributed by atoms with Gasteiger partial charge in [0.05, 0.1) is 11.2 Å². The maximum absolute atomic E-state index is 5.66. The van der Waals surface area contributed by atoms with Crippen LogP contribution < -0.4 is 5.73 Å². The SMILES string of the molecule is CC.CC.Nc1ccc(Cc2ncnn3cccc23)cc1. The maximum Gasteiger partial charge on any atom is 0.136 e. The summed E-state index contributed by atoms with van der Waals surface area (Å²) in [5.74, 6) is 0. The zero-order valence-corrected chi connectivity index (χ0v) is 13.2. The Hall–Kier alpha value is -2.36. The van der Waals surface area contributed by atoms with E-state index in [-0.39, 0.29) is 0 Å². The molecule has 3 aromatic rings. The Kier molecular flexibility index (Phi) is 6.95. The van der Waals surface area contributed by atoms with E-state index in [1.165, 1.54) is 5.56 Å². The molecule has 0 radical (unpaired) electrons.